The van der Waals surface area contributed by atoms with E-state index in [9.17, 15) is 9.59 Å². The highest BCUT2D eigenvalue weighted by molar-refractivity contribution is 5.92. The van der Waals surface area contributed by atoms with E-state index in [0.717, 1.165) is 5.56 Å². The zero-order valence-electron chi connectivity index (χ0n) is 14.2. The summed E-state index contributed by atoms with van der Waals surface area (Å²) in [6.07, 6.45) is 3.53. The fraction of sp³-hybridized carbons (Fsp3) is 0.412. The van der Waals surface area contributed by atoms with Crippen molar-refractivity contribution in [2.24, 2.45) is 5.92 Å². The van der Waals surface area contributed by atoms with E-state index in [1.165, 1.54) is 0 Å². The molecule has 2 atom stereocenters. The fourth-order valence-electron chi connectivity index (χ4n) is 3.07. The van der Waals surface area contributed by atoms with Crippen molar-refractivity contribution < 1.29 is 14.1 Å². The molecule has 0 aromatic carbocycles. The lowest BCUT2D eigenvalue weighted by molar-refractivity contribution is -0.124. The predicted octanol–water partition coefficient (Wildman–Crippen LogP) is 0.354. The van der Waals surface area contributed by atoms with E-state index in [0.29, 0.717) is 25.3 Å². The minimum atomic E-state index is -0.359. The molecule has 0 aliphatic carbocycles. The molecule has 0 spiro atoms. The minimum absolute atomic E-state index is 0.0901. The number of pyridine rings is 1. The number of rotatable bonds is 5. The van der Waals surface area contributed by atoms with Crippen molar-refractivity contribution in [2.75, 3.05) is 20.1 Å². The van der Waals surface area contributed by atoms with E-state index in [4.69, 9.17) is 4.52 Å². The van der Waals surface area contributed by atoms with Gasteiger partial charge in [0.05, 0.1) is 17.7 Å². The topological polar surface area (TPSA) is 100 Å². The molecule has 1 aliphatic rings. The maximum Gasteiger partial charge on any atom is 0.290 e. The Balaban J connectivity index is 1.69. The maximum atomic E-state index is 12.3. The van der Waals surface area contributed by atoms with Crippen LogP contribution >= 0.6 is 0 Å². The predicted molar refractivity (Wildman–Crippen MR) is 89.6 cm³/mol. The van der Waals surface area contributed by atoms with Gasteiger partial charge in [0, 0.05) is 45.1 Å². The summed E-state index contributed by atoms with van der Waals surface area (Å²) in [5.41, 5.74) is 1.70. The number of carbonyl (C=O) groups is 2. The van der Waals surface area contributed by atoms with Gasteiger partial charge >= 0.3 is 0 Å². The van der Waals surface area contributed by atoms with Crippen molar-refractivity contribution in [3.63, 3.8) is 0 Å². The molecule has 1 fully saturated rings. The molecular formula is C17H21N5O3. The summed E-state index contributed by atoms with van der Waals surface area (Å²) >= 11 is 0. The van der Waals surface area contributed by atoms with Crippen LogP contribution in [0.4, 0.5) is 0 Å². The van der Waals surface area contributed by atoms with E-state index >= 15 is 0 Å². The monoisotopic (exact) mass is 343 g/mol. The van der Waals surface area contributed by atoms with Crippen molar-refractivity contribution in [2.45, 2.75) is 19.5 Å². The van der Waals surface area contributed by atoms with Gasteiger partial charge in [-0.15, -0.1) is 0 Å². The van der Waals surface area contributed by atoms with Gasteiger partial charge in [-0.2, -0.15) is 0 Å². The van der Waals surface area contributed by atoms with Crippen molar-refractivity contribution in [3.8, 4) is 0 Å². The van der Waals surface area contributed by atoms with Crippen LogP contribution in [0.1, 0.15) is 21.8 Å². The molecule has 8 nitrogen and oxygen atoms in total. The first-order valence-electron chi connectivity index (χ1n) is 8.14. The standard InChI is InChI=1S/C17H21N5O3/c1-11-6-15(25-21-11)17(24)20-14-10-22(9-13(14)16(23)18-2)8-12-4-3-5-19-7-12/h3-7,13-14H,8-10H2,1-2H3,(H,18,23)(H,20,24)/t13-,14-/m0/s1. The second-order valence-corrected chi connectivity index (χ2v) is 6.19. The number of carbonyl (C=O) groups excluding carboxylic acids is 2. The van der Waals surface area contributed by atoms with Crippen molar-refractivity contribution in [1.82, 2.24) is 25.7 Å². The highest BCUT2D eigenvalue weighted by Crippen LogP contribution is 2.20. The van der Waals surface area contributed by atoms with Crippen molar-refractivity contribution in [3.05, 3.63) is 47.6 Å². The molecule has 2 aromatic rings. The average Bonchev–Trinajstić information content (AvgIpc) is 3.21. The van der Waals surface area contributed by atoms with Gasteiger partial charge in [0.2, 0.25) is 11.7 Å². The molecule has 132 valence electrons. The molecule has 3 heterocycles. The Morgan fingerprint density at radius 3 is 2.88 bits per heavy atom. The minimum Gasteiger partial charge on any atom is -0.359 e. The van der Waals surface area contributed by atoms with E-state index in [1.54, 1.807) is 32.4 Å². The van der Waals surface area contributed by atoms with Gasteiger partial charge in [-0.05, 0) is 18.6 Å². The summed E-state index contributed by atoms with van der Waals surface area (Å²) in [5, 5.41) is 9.29. The Labute approximate surface area is 145 Å². The largest absolute Gasteiger partial charge is 0.359 e. The fourth-order valence-corrected chi connectivity index (χ4v) is 3.07. The average molecular weight is 343 g/mol. The van der Waals surface area contributed by atoms with Gasteiger partial charge in [0.25, 0.3) is 5.91 Å². The molecule has 8 heteroatoms. The van der Waals surface area contributed by atoms with E-state index < -0.39 is 0 Å². The SMILES string of the molecule is CNC(=O)[C@H]1CN(Cc2cccnc2)C[C@@H]1NC(=O)c1cc(C)no1. The number of amides is 2. The molecule has 1 aliphatic heterocycles. The van der Waals surface area contributed by atoms with Gasteiger partial charge in [-0.1, -0.05) is 11.2 Å². The number of likely N-dealkylation sites (tertiary alicyclic amines) is 1. The first kappa shape index (κ1) is 17.1. The Morgan fingerprint density at radius 1 is 1.40 bits per heavy atom. The van der Waals surface area contributed by atoms with Gasteiger partial charge in [0.15, 0.2) is 0 Å². The Morgan fingerprint density at radius 2 is 2.24 bits per heavy atom. The number of nitrogens with one attached hydrogen (secondary N) is 2. The first-order valence-corrected chi connectivity index (χ1v) is 8.14. The molecule has 2 N–H and O–H groups in total. The summed E-state index contributed by atoms with van der Waals surface area (Å²) in [6, 6.07) is 5.15. The molecule has 1 saturated heterocycles. The summed E-state index contributed by atoms with van der Waals surface area (Å²) < 4.78 is 5.00. The molecule has 0 saturated carbocycles. The normalized spacial score (nSPS) is 20.4. The highest BCUT2D eigenvalue weighted by atomic mass is 16.5. The molecule has 0 unspecified atom stereocenters. The van der Waals surface area contributed by atoms with Crippen molar-refractivity contribution >= 4 is 11.8 Å². The summed E-state index contributed by atoms with van der Waals surface area (Å²) in [7, 11) is 1.60. The number of aromatic nitrogens is 2. The lowest BCUT2D eigenvalue weighted by Crippen LogP contribution is -2.45. The van der Waals surface area contributed by atoms with E-state index in [2.05, 4.69) is 25.7 Å². The number of hydrogen-bond donors (Lipinski definition) is 2. The molecule has 3 rings (SSSR count). The van der Waals surface area contributed by atoms with Crippen LogP contribution in [-0.2, 0) is 11.3 Å². The van der Waals surface area contributed by atoms with Gasteiger partial charge in [-0.3, -0.25) is 19.5 Å². The van der Waals surface area contributed by atoms with Gasteiger partial charge in [-0.25, -0.2) is 0 Å². The van der Waals surface area contributed by atoms with Crippen LogP contribution in [0.15, 0.2) is 35.1 Å². The smallest absolute Gasteiger partial charge is 0.290 e. The third-order valence-electron chi connectivity index (χ3n) is 4.28. The zero-order chi connectivity index (χ0) is 17.8. The zero-order valence-corrected chi connectivity index (χ0v) is 14.2. The molecule has 2 amide bonds. The number of hydrogen-bond acceptors (Lipinski definition) is 6. The second kappa shape index (κ2) is 7.43. The molecule has 25 heavy (non-hydrogen) atoms. The van der Waals surface area contributed by atoms with E-state index in [-0.39, 0.29) is 29.5 Å². The number of aryl methyl sites for hydroxylation is 1. The summed E-state index contributed by atoms with van der Waals surface area (Å²) in [4.78, 5) is 30.8. The third kappa shape index (κ3) is 4.03. The summed E-state index contributed by atoms with van der Waals surface area (Å²) in [5.74, 6) is -0.621. The van der Waals surface area contributed by atoms with Crippen LogP contribution in [0.2, 0.25) is 0 Å². The maximum absolute atomic E-state index is 12.3. The van der Waals surface area contributed by atoms with Crippen molar-refractivity contribution in [1.29, 1.82) is 0 Å². The van der Waals surface area contributed by atoms with Gasteiger partial charge in [0.1, 0.15) is 0 Å². The first-order chi connectivity index (χ1) is 12.1. The van der Waals surface area contributed by atoms with Crippen LogP contribution in [0.5, 0.6) is 0 Å². The molecule has 0 radical (unpaired) electrons. The van der Waals surface area contributed by atoms with E-state index in [1.807, 2.05) is 12.1 Å². The molecule has 0 bridgehead atoms. The van der Waals surface area contributed by atoms with Crippen LogP contribution < -0.4 is 10.6 Å². The Bertz CT molecular complexity index is 746. The second-order valence-electron chi connectivity index (χ2n) is 6.19. The lowest BCUT2D eigenvalue weighted by atomic mass is 10.0. The molecular weight excluding hydrogens is 322 g/mol. The number of nitrogens with zero attached hydrogens (tertiary/aromatic N) is 3. The Kier molecular flexibility index (Phi) is 5.08. The van der Waals surface area contributed by atoms with Crippen LogP contribution in [-0.4, -0.2) is 53.0 Å². The summed E-state index contributed by atoms with van der Waals surface area (Å²) in [6.45, 7) is 3.56. The van der Waals surface area contributed by atoms with Crippen LogP contribution in [0, 0.1) is 12.8 Å². The van der Waals surface area contributed by atoms with Crippen LogP contribution in [0.25, 0.3) is 0 Å². The lowest BCUT2D eigenvalue weighted by Gasteiger charge is -2.17. The third-order valence-corrected chi connectivity index (χ3v) is 4.28. The van der Waals surface area contributed by atoms with Crippen LogP contribution in [0.3, 0.4) is 0 Å². The van der Waals surface area contributed by atoms with Gasteiger partial charge < -0.3 is 15.2 Å². The highest BCUT2D eigenvalue weighted by Gasteiger charge is 2.38. The Hall–Kier alpha value is -2.74. The molecule has 2 aromatic heterocycles. The quantitative estimate of drug-likeness (QED) is 0.813.